The van der Waals surface area contributed by atoms with Crippen molar-refractivity contribution in [1.29, 1.82) is 0 Å². The first kappa shape index (κ1) is 13.3. The fourth-order valence-electron chi connectivity index (χ4n) is 1.58. The fourth-order valence-corrected chi connectivity index (χ4v) is 2.72. The zero-order chi connectivity index (χ0) is 13.1. The predicted molar refractivity (Wildman–Crippen MR) is 80.5 cm³/mol. The number of nitrogens with one attached hydrogen (secondary N) is 1. The Labute approximate surface area is 119 Å². The number of carbonyl (C=O) groups is 1. The van der Waals surface area contributed by atoms with Gasteiger partial charge in [0.25, 0.3) is 5.91 Å². The van der Waals surface area contributed by atoms with Gasteiger partial charge in [0, 0.05) is 11.1 Å². The van der Waals surface area contributed by atoms with Gasteiger partial charge in [-0.25, -0.2) is 0 Å². The standard InChI is InChI=1S/C14H14BrNOS/c1-9(2)10-3-5-12(6-4-10)16-14(17)11-7-13(15)18-8-11/h3-9H,1-2H3,(H,16,17). The van der Waals surface area contributed by atoms with E-state index in [-0.39, 0.29) is 5.91 Å². The molecule has 1 aromatic carbocycles. The van der Waals surface area contributed by atoms with Gasteiger partial charge in [-0.3, -0.25) is 4.79 Å². The molecule has 4 heteroatoms. The van der Waals surface area contributed by atoms with Gasteiger partial charge in [0.1, 0.15) is 0 Å². The average molecular weight is 324 g/mol. The fraction of sp³-hybridized carbons (Fsp3) is 0.214. The van der Waals surface area contributed by atoms with E-state index in [1.165, 1.54) is 16.9 Å². The molecule has 1 N–H and O–H groups in total. The molecule has 0 fully saturated rings. The molecule has 1 amide bonds. The molecule has 2 nitrogen and oxygen atoms in total. The third-order valence-corrected chi connectivity index (χ3v) is 4.17. The Balaban J connectivity index is 2.07. The van der Waals surface area contributed by atoms with Crippen molar-refractivity contribution < 1.29 is 4.79 Å². The minimum atomic E-state index is -0.0748. The van der Waals surface area contributed by atoms with Crippen molar-refractivity contribution in [2.45, 2.75) is 19.8 Å². The molecule has 0 atom stereocenters. The molecule has 0 unspecified atom stereocenters. The van der Waals surface area contributed by atoms with Crippen LogP contribution in [-0.2, 0) is 0 Å². The maximum Gasteiger partial charge on any atom is 0.256 e. The molecule has 0 bridgehead atoms. The minimum Gasteiger partial charge on any atom is -0.322 e. The van der Waals surface area contributed by atoms with Crippen LogP contribution in [0.1, 0.15) is 35.7 Å². The highest BCUT2D eigenvalue weighted by Gasteiger charge is 2.08. The van der Waals surface area contributed by atoms with E-state index < -0.39 is 0 Å². The maximum absolute atomic E-state index is 11.9. The molecule has 0 spiro atoms. The smallest absolute Gasteiger partial charge is 0.256 e. The van der Waals surface area contributed by atoms with E-state index in [9.17, 15) is 4.79 Å². The lowest BCUT2D eigenvalue weighted by Crippen LogP contribution is -2.10. The van der Waals surface area contributed by atoms with Gasteiger partial charge in [-0.15, -0.1) is 11.3 Å². The normalized spacial score (nSPS) is 10.7. The number of thiophene rings is 1. The van der Waals surface area contributed by atoms with Crippen molar-refractivity contribution in [1.82, 2.24) is 0 Å². The van der Waals surface area contributed by atoms with Gasteiger partial charge in [-0.2, -0.15) is 0 Å². The van der Waals surface area contributed by atoms with E-state index in [0.717, 1.165) is 9.47 Å². The molecule has 0 saturated carbocycles. The number of rotatable bonds is 3. The van der Waals surface area contributed by atoms with Gasteiger partial charge >= 0.3 is 0 Å². The van der Waals surface area contributed by atoms with Crippen LogP contribution in [0.3, 0.4) is 0 Å². The first-order valence-corrected chi connectivity index (χ1v) is 7.39. The van der Waals surface area contributed by atoms with Crippen LogP contribution in [0.4, 0.5) is 5.69 Å². The average Bonchev–Trinajstić information content (AvgIpc) is 2.76. The summed E-state index contributed by atoms with van der Waals surface area (Å²) in [6.07, 6.45) is 0. The van der Waals surface area contributed by atoms with E-state index >= 15 is 0 Å². The summed E-state index contributed by atoms with van der Waals surface area (Å²) < 4.78 is 0.961. The molecule has 0 radical (unpaired) electrons. The molecule has 1 heterocycles. The Morgan fingerprint density at radius 2 is 1.94 bits per heavy atom. The zero-order valence-corrected chi connectivity index (χ0v) is 12.6. The van der Waals surface area contributed by atoms with Crippen LogP contribution < -0.4 is 5.32 Å². The van der Waals surface area contributed by atoms with E-state index in [2.05, 4.69) is 35.1 Å². The van der Waals surface area contributed by atoms with Gasteiger partial charge in [0.15, 0.2) is 0 Å². The molecule has 2 rings (SSSR count). The van der Waals surface area contributed by atoms with Crippen LogP contribution in [0.15, 0.2) is 39.5 Å². The first-order valence-electron chi connectivity index (χ1n) is 5.71. The summed E-state index contributed by atoms with van der Waals surface area (Å²) in [5, 5.41) is 4.72. The van der Waals surface area contributed by atoms with E-state index in [1.54, 1.807) is 0 Å². The second kappa shape index (κ2) is 5.67. The SMILES string of the molecule is CC(C)c1ccc(NC(=O)c2csc(Br)c2)cc1. The summed E-state index contributed by atoms with van der Waals surface area (Å²) in [6, 6.07) is 9.79. The lowest BCUT2D eigenvalue weighted by Gasteiger charge is -2.07. The summed E-state index contributed by atoms with van der Waals surface area (Å²) in [5.74, 6) is 0.428. The topological polar surface area (TPSA) is 29.1 Å². The second-order valence-corrected chi connectivity index (χ2v) is 6.66. The Morgan fingerprint density at radius 1 is 1.28 bits per heavy atom. The lowest BCUT2D eigenvalue weighted by atomic mass is 10.0. The van der Waals surface area contributed by atoms with Gasteiger partial charge in [-0.05, 0) is 45.6 Å². The van der Waals surface area contributed by atoms with E-state index in [4.69, 9.17) is 0 Å². The molecule has 0 saturated heterocycles. The van der Waals surface area contributed by atoms with Crippen molar-refractivity contribution in [3.63, 3.8) is 0 Å². The van der Waals surface area contributed by atoms with Gasteiger partial charge in [0.2, 0.25) is 0 Å². The number of hydrogen-bond donors (Lipinski definition) is 1. The monoisotopic (exact) mass is 323 g/mol. The van der Waals surface area contributed by atoms with Gasteiger partial charge in [-0.1, -0.05) is 26.0 Å². The van der Waals surface area contributed by atoms with Gasteiger partial charge in [0.05, 0.1) is 9.35 Å². The van der Waals surface area contributed by atoms with E-state index in [0.29, 0.717) is 11.5 Å². The Bertz CT molecular complexity index is 545. The third-order valence-electron chi connectivity index (χ3n) is 2.66. The molecular weight excluding hydrogens is 310 g/mol. The third kappa shape index (κ3) is 3.21. The summed E-state index contributed by atoms with van der Waals surface area (Å²) in [4.78, 5) is 11.9. The second-order valence-electron chi connectivity index (χ2n) is 4.37. The van der Waals surface area contributed by atoms with E-state index in [1.807, 2.05) is 35.7 Å². The Morgan fingerprint density at radius 3 is 2.44 bits per heavy atom. The number of anilines is 1. The number of hydrogen-bond acceptors (Lipinski definition) is 2. The van der Waals surface area contributed by atoms with Gasteiger partial charge < -0.3 is 5.32 Å². The largest absolute Gasteiger partial charge is 0.322 e. The van der Waals surface area contributed by atoms with Crippen molar-refractivity contribution >= 4 is 38.9 Å². The van der Waals surface area contributed by atoms with Crippen molar-refractivity contribution in [2.75, 3.05) is 5.32 Å². The van der Waals surface area contributed by atoms with Crippen molar-refractivity contribution in [2.24, 2.45) is 0 Å². The highest BCUT2D eigenvalue weighted by molar-refractivity contribution is 9.11. The molecule has 0 aliphatic heterocycles. The van der Waals surface area contributed by atoms with Crippen LogP contribution in [0.25, 0.3) is 0 Å². The predicted octanol–water partition coefficient (Wildman–Crippen LogP) is 4.89. The highest BCUT2D eigenvalue weighted by atomic mass is 79.9. The molecule has 0 aliphatic carbocycles. The molecule has 2 aromatic rings. The summed E-state index contributed by atoms with van der Waals surface area (Å²) in [6.45, 7) is 4.30. The van der Waals surface area contributed by atoms with Crippen LogP contribution in [0.5, 0.6) is 0 Å². The molecule has 18 heavy (non-hydrogen) atoms. The van der Waals surface area contributed by atoms with Crippen LogP contribution in [0, 0.1) is 0 Å². The number of halogens is 1. The first-order chi connectivity index (χ1) is 8.56. The number of carbonyl (C=O) groups excluding carboxylic acids is 1. The van der Waals surface area contributed by atoms with Crippen molar-refractivity contribution in [3.05, 3.63) is 50.6 Å². The Kier molecular flexibility index (Phi) is 4.19. The maximum atomic E-state index is 11.9. The van der Waals surface area contributed by atoms with Crippen LogP contribution in [0.2, 0.25) is 0 Å². The van der Waals surface area contributed by atoms with Crippen LogP contribution in [-0.4, -0.2) is 5.91 Å². The zero-order valence-electron chi connectivity index (χ0n) is 10.2. The molecule has 1 aromatic heterocycles. The quantitative estimate of drug-likeness (QED) is 0.856. The summed E-state index contributed by atoms with van der Waals surface area (Å²) in [7, 11) is 0. The lowest BCUT2D eigenvalue weighted by molar-refractivity contribution is 0.102. The summed E-state index contributed by atoms with van der Waals surface area (Å²) >= 11 is 4.86. The Hall–Kier alpha value is -1.13. The molecular formula is C14H14BrNOS. The van der Waals surface area contributed by atoms with Crippen LogP contribution >= 0.6 is 27.3 Å². The minimum absolute atomic E-state index is 0.0748. The summed E-state index contributed by atoms with van der Waals surface area (Å²) in [5.41, 5.74) is 2.78. The molecule has 94 valence electrons. The number of amides is 1. The highest BCUT2D eigenvalue weighted by Crippen LogP contribution is 2.22. The van der Waals surface area contributed by atoms with Crippen molar-refractivity contribution in [3.8, 4) is 0 Å². The number of benzene rings is 1. The molecule has 0 aliphatic rings.